The molecule has 0 aliphatic carbocycles. The zero-order valence-corrected chi connectivity index (χ0v) is 8.25. The van der Waals surface area contributed by atoms with E-state index in [0.717, 1.165) is 5.56 Å². The van der Waals surface area contributed by atoms with Crippen LogP contribution in [0.1, 0.15) is 11.7 Å². The standard InChI is InChI=1S/C10H10ClNO2/c11-8-4-2-1-3-7(8)9-5-12-10(13)6-14-9/h1-4,9H,5-6H2,(H,12,13)/t9-/m1/s1. The highest BCUT2D eigenvalue weighted by molar-refractivity contribution is 6.31. The molecule has 1 atom stereocenters. The highest BCUT2D eigenvalue weighted by Crippen LogP contribution is 2.25. The highest BCUT2D eigenvalue weighted by atomic mass is 35.5. The number of hydrogen-bond acceptors (Lipinski definition) is 2. The van der Waals surface area contributed by atoms with Crippen molar-refractivity contribution < 1.29 is 9.53 Å². The van der Waals surface area contributed by atoms with Crippen LogP contribution >= 0.6 is 11.6 Å². The average molecular weight is 212 g/mol. The number of carbonyl (C=O) groups excluding carboxylic acids is 1. The van der Waals surface area contributed by atoms with Crippen molar-refractivity contribution in [2.24, 2.45) is 0 Å². The van der Waals surface area contributed by atoms with E-state index < -0.39 is 0 Å². The molecule has 1 aliphatic heterocycles. The molecule has 1 saturated heterocycles. The fourth-order valence-corrected chi connectivity index (χ4v) is 1.69. The monoisotopic (exact) mass is 211 g/mol. The van der Waals surface area contributed by atoms with Gasteiger partial charge in [0.05, 0.1) is 0 Å². The molecule has 0 radical (unpaired) electrons. The average Bonchev–Trinajstić information content (AvgIpc) is 2.20. The maximum Gasteiger partial charge on any atom is 0.246 e. The van der Waals surface area contributed by atoms with E-state index in [4.69, 9.17) is 16.3 Å². The first kappa shape index (κ1) is 9.49. The smallest absolute Gasteiger partial charge is 0.246 e. The van der Waals surface area contributed by atoms with Gasteiger partial charge in [0.15, 0.2) is 0 Å². The summed E-state index contributed by atoms with van der Waals surface area (Å²) in [5.41, 5.74) is 0.925. The summed E-state index contributed by atoms with van der Waals surface area (Å²) in [6, 6.07) is 7.50. The third kappa shape index (κ3) is 1.89. The fraction of sp³-hybridized carbons (Fsp3) is 0.300. The quantitative estimate of drug-likeness (QED) is 0.765. The lowest BCUT2D eigenvalue weighted by molar-refractivity contribution is -0.133. The van der Waals surface area contributed by atoms with Crippen molar-refractivity contribution in [1.29, 1.82) is 0 Å². The summed E-state index contributed by atoms with van der Waals surface area (Å²) in [7, 11) is 0. The van der Waals surface area contributed by atoms with Crippen LogP contribution in [0.2, 0.25) is 5.02 Å². The molecule has 1 aromatic carbocycles. The van der Waals surface area contributed by atoms with Crippen molar-refractivity contribution in [3.8, 4) is 0 Å². The largest absolute Gasteiger partial charge is 0.362 e. The van der Waals surface area contributed by atoms with E-state index in [0.29, 0.717) is 11.6 Å². The van der Waals surface area contributed by atoms with E-state index >= 15 is 0 Å². The van der Waals surface area contributed by atoms with Crippen LogP contribution in [-0.2, 0) is 9.53 Å². The Balaban J connectivity index is 2.16. The summed E-state index contributed by atoms with van der Waals surface area (Å²) in [5, 5.41) is 3.41. The maximum absolute atomic E-state index is 10.9. The van der Waals surface area contributed by atoms with E-state index in [9.17, 15) is 4.79 Å². The number of rotatable bonds is 1. The maximum atomic E-state index is 10.9. The van der Waals surface area contributed by atoms with Crippen LogP contribution in [-0.4, -0.2) is 19.1 Å². The van der Waals surface area contributed by atoms with E-state index in [1.54, 1.807) is 0 Å². The van der Waals surface area contributed by atoms with Gasteiger partial charge in [-0.25, -0.2) is 0 Å². The lowest BCUT2D eigenvalue weighted by Gasteiger charge is -2.24. The van der Waals surface area contributed by atoms with Gasteiger partial charge in [0.1, 0.15) is 12.7 Å². The number of nitrogens with one attached hydrogen (secondary N) is 1. The van der Waals surface area contributed by atoms with Gasteiger partial charge >= 0.3 is 0 Å². The number of amides is 1. The third-order valence-electron chi connectivity index (χ3n) is 2.15. The number of benzene rings is 1. The molecule has 1 heterocycles. The van der Waals surface area contributed by atoms with Gasteiger partial charge in [-0.2, -0.15) is 0 Å². The molecule has 14 heavy (non-hydrogen) atoms. The van der Waals surface area contributed by atoms with Crippen molar-refractivity contribution in [3.05, 3.63) is 34.9 Å². The second-order valence-electron chi connectivity index (χ2n) is 3.13. The molecule has 2 rings (SSSR count). The molecular formula is C10H10ClNO2. The van der Waals surface area contributed by atoms with Gasteiger partial charge in [-0.15, -0.1) is 0 Å². The van der Waals surface area contributed by atoms with Crippen LogP contribution in [0.4, 0.5) is 0 Å². The second-order valence-corrected chi connectivity index (χ2v) is 3.53. The molecule has 3 nitrogen and oxygen atoms in total. The Labute approximate surface area is 87.0 Å². The molecule has 0 spiro atoms. The van der Waals surface area contributed by atoms with Crippen molar-refractivity contribution >= 4 is 17.5 Å². The second kappa shape index (κ2) is 3.98. The molecule has 1 aromatic rings. The van der Waals surface area contributed by atoms with E-state index in [2.05, 4.69) is 5.32 Å². The molecule has 1 amide bonds. The molecule has 1 fully saturated rings. The fourth-order valence-electron chi connectivity index (χ4n) is 1.43. The summed E-state index contributed by atoms with van der Waals surface area (Å²) in [6.07, 6.45) is -0.124. The SMILES string of the molecule is O=C1CO[C@@H](c2ccccc2Cl)CN1. The van der Waals surface area contributed by atoms with Gasteiger partial charge in [0, 0.05) is 17.1 Å². The Morgan fingerprint density at radius 2 is 2.21 bits per heavy atom. The zero-order valence-electron chi connectivity index (χ0n) is 7.50. The number of carbonyl (C=O) groups is 1. The molecule has 0 unspecified atom stereocenters. The van der Waals surface area contributed by atoms with Crippen LogP contribution in [0, 0.1) is 0 Å². The molecule has 0 saturated carbocycles. The van der Waals surface area contributed by atoms with Crippen LogP contribution in [0.25, 0.3) is 0 Å². The molecule has 74 valence electrons. The third-order valence-corrected chi connectivity index (χ3v) is 2.50. The molecule has 1 N–H and O–H groups in total. The van der Waals surface area contributed by atoms with Gasteiger partial charge in [-0.1, -0.05) is 29.8 Å². The number of halogens is 1. The van der Waals surface area contributed by atoms with Crippen molar-refractivity contribution in [3.63, 3.8) is 0 Å². The van der Waals surface area contributed by atoms with Crippen LogP contribution in [0.5, 0.6) is 0 Å². The molecule has 1 aliphatic rings. The Kier molecular flexibility index (Phi) is 2.70. The Hall–Kier alpha value is -1.06. The summed E-state index contributed by atoms with van der Waals surface area (Å²) >= 11 is 6.00. The molecule has 4 heteroatoms. The Bertz CT molecular complexity index is 344. The van der Waals surface area contributed by atoms with Crippen LogP contribution < -0.4 is 5.32 Å². The predicted octanol–water partition coefficient (Wildman–Crippen LogP) is 1.53. The van der Waals surface area contributed by atoms with Gasteiger partial charge in [-0.05, 0) is 6.07 Å². The molecule has 0 aromatic heterocycles. The molecule has 0 bridgehead atoms. The lowest BCUT2D eigenvalue weighted by atomic mass is 10.1. The minimum Gasteiger partial charge on any atom is -0.362 e. The van der Waals surface area contributed by atoms with Crippen molar-refractivity contribution in [2.75, 3.05) is 13.2 Å². The summed E-state index contributed by atoms with van der Waals surface area (Å²) in [6.45, 7) is 0.596. The summed E-state index contributed by atoms with van der Waals surface area (Å²) < 4.78 is 5.36. The lowest BCUT2D eigenvalue weighted by Crippen LogP contribution is -2.38. The predicted molar refractivity (Wildman–Crippen MR) is 53.2 cm³/mol. The van der Waals surface area contributed by atoms with E-state index in [1.807, 2.05) is 24.3 Å². The topological polar surface area (TPSA) is 38.3 Å². The minimum atomic E-state index is -0.124. The van der Waals surface area contributed by atoms with Crippen LogP contribution in [0.15, 0.2) is 24.3 Å². The summed E-state index contributed by atoms with van der Waals surface area (Å²) in [5.74, 6) is -0.0756. The van der Waals surface area contributed by atoms with Gasteiger partial charge in [0.25, 0.3) is 0 Å². The first-order valence-electron chi connectivity index (χ1n) is 4.40. The first-order valence-corrected chi connectivity index (χ1v) is 4.78. The van der Waals surface area contributed by atoms with Crippen LogP contribution in [0.3, 0.4) is 0 Å². The number of hydrogen-bond donors (Lipinski definition) is 1. The van der Waals surface area contributed by atoms with Gasteiger partial charge in [-0.3, -0.25) is 4.79 Å². The van der Waals surface area contributed by atoms with E-state index in [-0.39, 0.29) is 18.6 Å². The van der Waals surface area contributed by atoms with Gasteiger partial charge < -0.3 is 10.1 Å². The van der Waals surface area contributed by atoms with Gasteiger partial charge in [0.2, 0.25) is 5.91 Å². The Morgan fingerprint density at radius 3 is 2.86 bits per heavy atom. The Morgan fingerprint density at radius 1 is 1.43 bits per heavy atom. The van der Waals surface area contributed by atoms with Crippen molar-refractivity contribution in [2.45, 2.75) is 6.10 Å². The number of ether oxygens (including phenoxy) is 1. The number of morpholine rings is 1. The van der Waals surface area contributed by atoms with E-state index in [1.165, 1.54) is 0 Å². The minimum absolute atomic E-state index is 0.0756. The highest BCUT2D eigenvalue weighted by Gasteiger charge is 2.21. The summed E-state index contributed by atoms with van der Waals surface area (Å²) in [4.78, 5) is 10.9. The normalized spacial score (nSPS) is 21.8. The van der Waals surface area contributed by atoms with Crippen molar-refractivity contribution in [1.82, 2.24) is 5.32 Å². The zero-order chi connectivity index (χ0) is 9.97. The first-order chi connectivity index (χ1) is 6.77. The molecular weight excluding hydrogens is 202 g/mol.